The van der Waals surface area contributed by atoms with Crippen LogP contribution in [0.4, 0.5) is 0 Å². The Balaban J connectivity index is 3.77. The normalized spacial score (nSPS) is 17.2. The molecular weight excluding hydrogens is 1160 g/mol. The number of aliphatic hydroxyl groups excluding tert-OH is 2. The number of nitrogens with zero attached hydrogens (tertiary/aromatic N) is 8. The Morgan fingerprint density at radius 3 is 1.69 bits per heavy atom. The highest BCUT2D eigenvalue weighted by Crippen LogP contribution is 2.29. The van der Waals surface area contributed by atoms with E-state index in [0.29, 0.717) is 56.8 Å². The first-order valence-corrected chi connectivity index (χ1v) is 32.1. The van der Waals surface area contributed by atoms with Crippen LogP contribution < -0.4 is 21.7 Å². The molecular formula is C65H116N12O13. The Kier molecular flexibility index (Phi) is 34.3. The van der Waals surface area contributed by atoms with Crippen molar-refractivity contribution in [2.24, 2.45) is 47.2 Å². The van der Waals surface area contributed by atoms with E-state index in [1.165, 1.54) is 77.8 Å². The lowest BCUT2D eigenvalue weighted by molar-refractivity contribution is -0.176. The number of nitrogens with one attached hydrogen (secondary N) is 3. The third-order valence-corrected chi connectivity index (χ3v) is 16.8. The molecule has 0 aliphatic carbocycles. The van der Waals surface area contributed by atoms with Crippen LogP contribution in [0.15, 0.2) is 18.5 Å². The zero-order valence-corrected chi connectivity index (χ0v) is 58.4. The van der Waals surface area contributed by atoms with Crippen molar-refractivity contribution in [1.29, 1.82) is 0 Å². The zero-order valence-electron chi connectivity index (χ0n) is 58.4. The first kappa shape index (κ1) is 82.2. The molecule has 13 unspecified atom stereocenters. The van der Waals surface area contributed by atoms with E-state index in [2.05, 4.69) is 25.9 Å². The van der Waals surface area contributed by atoms with Gasteiger partial charge in [-0.25, -0.2) is 9.97 Å². The summed E-state index contributed by atoms with van der Waals surface area (Å²) in [4.78, 5) is 156. The van der Waals surface area contributed by atoms with Crippen molar-refractivity contribution in [3.63, 3.8) is 0 Å². The number of aliphatic hydroxyl groups is 2. The lowest BCUT2D eigenvalue weighted by Crippen LogP contribution is -2.68. The molecule has 0 bridgehead atoms. The molecule has 1 aromatic rings. The molecule has 1 aromatic heterocycles. The average molecular weight is 1270 g/mol. The van der Waals surface area contributed by atoms with Gasteiger partial charge in [0.1, 0.15) is 35.7 Å². The van der Waals surface area contributed by atoms with Gasteiger partial charge in [-0.1, -0.05) is 96.4 Å². The second-order valence-corrected chi connectivity index (χ2v) is 27.3. The topological polar surface area (TPSA) is 328 Å². The minimum absolute atomic E-state index is 0.00542. The third-order valence-electron chi connectivity index (χ3n) is 16.8. The van der Waals surface area contributed by atoms with Gasteiger partial charge in [-0.2, -0.15) is 0 Å². The quantitative estimate of drug-likeness (QED) is 0.0401. The van der Waals surface area contributed by atoms with E-state index >= 15 is 4.79 Å². The maximum atomic E-state index is 15.1. The summed E-state index contributed by atoms with van der Waals surface area (Å²) in [5.41, 5.74) is 1.05. The van der Waals surface area contributed by atoms with Crippen molar-refractivity contribution in [1.82, 2.24) is 55.3 Å². The summed E-state index contributed by atoms with van der Waals surface area (Å²) in [7, 11) is 8.41. The fourth-order valence-electron chi connectivity index (χ4n) is 11.2. The van der Waals surface area contributed by atoms with Crippen molar-refractivity contribution < 1.29 is 62.9 Å². The van der Waals surface area contributed by atoms with E-state index in [9.17, 15) is 53.4 Å². The van der Waals surface area contributed by atoms with Crippen LogP contribution in [-0.4, -0.2) is 224 Å². The van der Waals surface area contributed by atoms with Gasteiger partial charge in [0.2, 0.25) is 35.4 Å². The van der Waals surface area contributed by atoms with Crippen LogP contribution in [0.1, 0.15) is 174 Å². The van der Waals surface area contributed by atoms with Gasteiger partial charge in [0.15, 0.2) is 30.2 Å². The maximum absolute atomic E-state index is 15.1. The number of aromatic nitrogens is 2. The van der Waals surface area contributed by atoms with Crippen molar-refractivity contribution in [3.05, 3.63) is 24.3 Å². The van der Waals surface area contributed by atoms with Crippen LogP contribution in [-0.2, 0) is 59.1 Å². The molecule has 1 heterocycles. The van der Waals surface area contributed by atoms with E-state index in [0.717, 1.165) is 14.7 Å². The number of likely N-dealkylation sites (N-methyl/N-ethyl adjacent to an activating group) is 6. The first-order chi connectivity index (χ1) is 41.7. The minimum atomic E-state index is -1.88. The molecule has 0 aliphatic heterocycles. The predicted molar refractivity (Wildman–Crippen MR) is 345 cm³/mol. The molecule has 0 aliphatic rings. The fourth-order valence-corrected chi connectivity index (χ4v) is 11.2. The molecule has 25 nitrogen and oxygen atoms in total. The van der Waals surface area contributed by atoms with E-state index in [1.807, 2.05) is 69.2 Å². The van der Waals surface area contributed by atoms with Gasteiger partial charge in [-0.15, -0.1) is 0 Å². The average Bonchev–Trinajstić information content (AvgIpc) is 0.842. The highest BCUT2D eigenvalue weighted by Gasteiger charge is 2.47. The summed E-state index contributed by atoms with van der Waals surface area (Å²) in [5.74, 6) is -5.78. The smallest absolute Gasteiger partial charge is 0.253 e. The second-order valence-electron chi connectivity index (χ2n) is 27.3. The number of carbonyl (C=O) groups excluding carboxylic acids is 10. The molecule has 7 N–H and O–H groups in total. The monoisotopic (exact) mass is 1270 g/mol. The number of ether oxygens (including phenoxy) is 1. The molecule has 7 amide bonds. The summed E-state index contributed by atoms with van der Waals surface area (Å²) in [6.07, 6.45) is 3.23. The van der Waals surface area contributed by atoms with E-state index in [1.54, 1.807) is 39.2 Å². The molecule has 1 rings (SSSR count). The molecule has 0 saturated heterocycles. The predicted octanol–water partition coefficient (Wildman–Crippen LogP) is 3.76. The molecule has 514 valence electrons. The lowest BCUT2D eigenvalue weighted by Gasteiger charge is -2.44. The molecule has 13 atom stereocenters. The summed E-state index contributed by atoms with van der Waals surface area (Å²) in [6, 6.07) is -3.81. The van der Waals surface area contributed by atoms with Crippen LogP contribution in [0.2, 0.25) is 0 Å². The number of amides is 7. The Morgan fingerprint density at radius 1 is 0.644 bits per heavy atom. The molecule has 25 heteroatoms. The van der Waals surface area contributed by atoms with Gasteiger partial charge < -0.3 is 55.4 Å². The summed E-state index contributed by atoms with van der Waals surface area (Å²) in [5, 5.41) is 31.4. The second kappa shape index (κ2) is 37.6. The van der Waals surface area contributed by atoms with E-state index in [-0.39, 0.29) is 67.6 Å². The van der Waals surface area contributed by atoms with Crippen LogP contribution in [0.5, 0.6) is 0 Å². The Bertz CT molecular complexity index is 2470. The van der Waals surface area contributed by atoms with E-state index in [4.69, 9.17) is 10.5 Å². The van der Waals surface area contributed by atoms with E-state index < -0.39 is 120 Å². The highest BCUT2D eigenvalue weighted by molar-refractivity contribution is 5.96. The molecule has 0 radical (unpaired) electrons. The number of nitrogens with two attached hydrogens (primary N) is 1. The fraction of sp³-hybridized carbons (Fsp3) is 0.785. The van der Waals surface area contributed by atoms with Gasteiger partial charge in [0.25, 0.3) is 5.91 Å². The van der Waals surface area contributed by atoms with Gasteiger partial charge in [0.05, 0.1) is 31.0 Å². The van der Waals surface area contributed by atoms with Crippen molar-refractivity contribution >= 4 is 60.2 Å². The standard InChI is InChI=1S/C65H116N12O13/c1-23-26-51(71-63(16,37-78)90-57(44(10)11)62(89)77(22)64(66,38-79)34-42(6)7)73(18)59(86)49(33-41(4)5)70-65(39-80,35-43(8)9)76(21)53(84)36-72(17)60(87)54(47(14)81)69-58(85)55(46(13)45(12)27-24-28-50-67-31-25-32-68-50)75(20)61(88)56(48(15)82)74(19)52(83)30-29-40(2)3/h25,31-32,37-49,51,54-57,70-71,81-82H,23-24,26-30,33-36,66H2,1-22H3,(H,69,85). The number of aryl methyl sites for hydroxylation is 1. The van der Waals surface area contributed by atoms with Crippen LogP contribution in [0, 0.1) is 41.4 Å². The van der Waals surface area contributed by atoms with Gasteiger partial charge in [-0.3, -0.25) is 58.6 Å². The van der Waals surface area contributed by atoms with Crippen LogP contribution in [0.3, 0.4) is 0 Å². The molecule has 0 fully saturated rings. The summed E-state index contributed by atoms with van der Waals surface area (Å²) >= 11 is 0. The lowest BCUT2D eigenvalue weighted by atomic mass is 9.83. The highest BCUT2D eigenvalue weighted by atomic mass is 16.5. The van der Waals surface area contributed by atoms with Gasteiger partial charge in [-0.05, 0) is 113 Å². The van der Waals surface area contributed by atoms with Crippen LogP contribution >= 0.6 is 0 Å². The number of carbonyl (C=O) groups is 10. The number of rotatable bonds is 42. The minimum Gasteiger partial charge on any atom is -0.391 e. The molecule has 0 spiro atoms. The largest absolute Gasteiger partial charge is 0.391 e. The molecule has 90 heavy (non-hydrogen) atoms. The zero-order chi connectivity index (χ0) is 69.5. The summed E-state index contributed by atoms with van der Waals surface area (Å²) < 4.78 is 6.33. The molecule has 0 saturated carbocycles. The van der Waals surface area contributed by atoms with Gasteiger partial charge in [0, 0.05) is 67.5 Å². The number of hydrogen-bond acceptors (Lipinski definition) is 18. The van der Waals surface area contributed by atoms with Crippen LogP contribution in [0.25, 0.3) is 0 Å². The Labute approximate surface area is 537 Å². The maximum Gasteiger partial charge on any atom is 0.253 e. The SMILES string of the molecule is CCCC(NC(C)(C=O)OC(C(=O)N(C)C(N)(C=O)CC(C)C)C(C)C)N(C)C(=O)C(CC(C)C)NC(C=O)(CC(C)C)N(C)C(=O)CN(C)C(=O)C(NC(=O)C(C(C)C(C)CCCc1ncccn1)N(C)C(=O)C(C(C)O)N(C)C(=O)CCC(C)C)C(C)O. The third kappa shape index (κ3) is 24.0. The van der Waals surface area contributed by atoms with Gasteiger partial charge >= 0.3 is 0 Å². The Hall–Kier alpha value is -5.86. The van der Waals surface area contributed by atoms with Crippen molar-refractivity contribution in [3.8, 4) is 0 Å². The number of aldehydes is 3. The number of hydrogen-bond donors (Lipinski definition) is 6. The first-order valence-electron chi connectivity index (χ1n) is 32.1. The molecule has 0 aromatic carbocycles. The Morgan fingerprint density at radius 2 is 1.22 bits per heavy atom. The summed E-state index contributed by atoms with van der Waals surface area (Å²) in [6.45, 7) is 27.5. The van der Waals surface area contributed by atoms with Crippen molar-refractivity contribution in [2.45, 2.75) is 241 Å². The van der Waals surface area contributed by atoms with Crippen molar-refractivity contribution in [2.75, 3.05) is 48.8 Å².